The first-order valence-corrected chi connectivity index (χ1v) is 7.64. The highest BCUT2D eigenvalue weighted by molar-refractivity contribution is 5.94. The Balaban J connectivity index is 1.83. The molecule has 0 aliphatic heterocycles. The van der Waals surface area contributed by atoms with Gasteiger partial charge in [0.1, 0.15) is 0 Å². The van der Waals surface area contributed by atoms with Gasteiger partial charge in [-0.25, -0.2) is 0 Å². The lowest BCUT2D eigenvalue weighted by molar-refractivity contribution is -0.197. The molecular weight excluding hydrogens is 240 g/mol. The predicted octanol–water partition coefficient (Wildman–Crippen LogP) is 3.11. The minimum absolute atomic E-state index is 0.170. The Bertz CT molecular complexity index is 410. The van der Waals surface area contributed by atoms with Gasteiger partial charge >= 0.3 is 5.97 Å². The molecule has 19 heavy (non-hydrogen) atoms. The first kappa shape index (κ1) is 13.1. The molecule has 106 valence electrons. The Morgan fingerprint density at radius 2 is 1.84 bits per heavy atom. The van der Waals surface area contributed by atoms with Crippen molar-refractivity contribution in [3.05, 3.63) is 0 Å². The molecule has 4 bridgehead atoms. The normalized spacial score (nSPS) is 40.6. The van der Waals surface area contributed by atoms with Crippen molar-refractivity contribution in [2.75, 3.05) is 0 Å². The van der Waals surface area contributed by atoms with Crippen molar-refractivity contribution >= 4 is 11.8 Å². The fraction of sp³-hybridized carbons (Fsp3) is 0.875. The van der Waals surface area contributed by atoms with Gasteiger partial charge in [-0.05, 0) is 64.2 Å². The van der Waals surface area contributed by atoms with Crippen molar-refractivity contribution < 1.29 is 14.3 Å². The average molecular weight is 264 g/mol. The second-order valence-corrected chi connectivity index (χ2v) is 7.53. The molecule has 0 aromatic carbocycles. The molecule has 4 aliphatic carbocycles. The lowest BCUT2D eigenvalue weighted by Crippen LogP contribution is -2.60. The van der Waals surface area contributed by atoms with Crippen LogP contribution in [-0.4, -0.2) is 17.4 Å². The van der Waals surface area contributed by atoms with E-state index in [1.54, 1.807) is 0 Å². The van der Waals surface area contributed by atoms with Crippen molar-refractivity contribution in [3.8, 4) is 0 Å². The first-order chi connectivity index (χ1) is 8.86. The van der Waals surface area contributed by atoms with Crippen molar-refractivity contribution in [1.82, 2.24) is 0 Å². The highest BCUT2D eigenvalue weighted by Gasteiger charge is 2.59. The Kier molecular flexibility index (Phi) is 2.81. The van der Waals surface area contributed by atoms with Gasteiger partial charge in [0.15, 0.2) is 11.4 Å². The van der Waals surface area contributed by atoms with Gasteiger partial charge in [-0.3, -0.25) is 9.59 Å². The van der Waals surface area contributed by atoms with Crippen molar-refractivity contribution in [1.29, 1.82) is 0 Å². The third-order valence-electron chi connectivity index (χ3n) is 5.68. The summed E-state index contributed by atoms with van der Waals surface area (Å²) < 4.78 is 5.83. The van der Waals surface area contributed by atoms with E-state index < -0.39 is 11.0 Å². The molecule has 3 heteroatoms. The van der Waals surface area contributed by atoms with Crippen LogP contribution in [0.25, 0.3) is 0 Å². The zero-order chi connectivity index (χ0) is 13.8. The molecule has 3 nitrogen and oxygen atoms in total. The van der Waals surface area contributed by atoms with Crippen molar-refractivity contribution in [2.45, 2.75) is 64.9 Å². The van der Waals surface area contributed by atoms with Gasteiger partial charge in [0, 0.05) is 5.92 Å². The Hall–Kier alpha value is -0.860. The molecule has 0 aromatic rings. The largest absolute Gasteiger partial charge is 0.451 e. The number of esters is 1. The van der Waals surface area contributed by atoms with E-state index in [0.717, 1.165) is 32.1 Å². The van der Waals surface area contributed by atoms with Crippen LogP contribution >= 0.6 is 0 Å². The highest BCUT2D eigenvalue weighted by atomic mass is 16.6. The fourth-order valence-electron chi connectivity index (χ4n) is 4.29. The Morgan fingerprint density at radius 3 is 2.37 bits per heavy atom. The molecule has 0 spiro atoms. The summed E-state index contributed by atoms with van der Waals surface area (Å²) >= 11 is 0. The highest BCUT2D eigenvalue weighted by Crippen LogP contribution is 2.55. The summed E-state index contributed by atoms with van der Waals surface area (Å²) in [4.78, 5) is 24.9. The van der Waals surface area contributed by atoms with Crippen LogP contribution in [0.5, 0.6) is 0 Å². The van der Waals surface area contributed by atoms with E-state index in [4.69, 9.17) is 4.74 Å². The van der Waals surface area contributed by atoms with E-state index in [1.165, 1.54) is 6.42 Å². The third-order valence-corrected chi connectivity index (χ3v) is 5.68. The molecule has 0 heterocycles. The van der Waals surface area contributed by atoms with E-state index >= 15 is 0 Å². The van der Waals surface area contributed by atoms with Gasteiger partial charge in [0.2, 0.25) is 0 Å². The molecule has 2 unspecified atom stereocenters. The summed E-state index contributed by atoms with van der Waals surface area (Å²) in [5.41, 5.74) is -1.23. The van der Waals surface area contributed by atoms with Crippen molar-refractivity contribution in [3.63, 3.8) is 0 Å². The standard InChI is InChI=1S/C16H24O3/c1-4-15(2,3)14(18)19-16-8-10-5-11(9-16)7-12(6-10)13(16)17/h10-12H,4-9H2,1-3H3. The Morgan fingerprint density at radius 1 is 1.26 bits per heavy atom. The fourth-order valence-corrected chi connectivity index (χ4v) is 4.29. The van der Waals surface area contributed by atoms with Crippen LogP contribution in [0, 0.1) is 23.2 Å². The van der Waals surface area contributed by atoms with Crippen LogP contribution in [0.3, 0.4) is 0 Å². The number of ether oxygens (including phenoxy) is 1. The summed E-state index contributed by atoms with van der Waals surface area (Å²) in [6.45, 7) is 5.80. The van der Waals surface area contributed by atoms with Gasteiger partial charge in [-0.15, -0.1) is 0 Å². The van der Waals surface area contributed by atoms with Crippen LogP contribution in [0.4, 0.5) is 0 Å². The Labute approximate surface area is 115 Å². The van der Waals surface area contributed by atoms with Gasteiger partial charge in [-0.1, -0.05) is 6.92 Å². The summed E-state index contributed by atoms with van der Waals surface area (Å²) in [5, 5.41) is 0. The van der Waals surface area contributed by atoms with E-state index in [9.17, 15) is 9.59 Å². The van der Waals surface area contributed by atoms with Crippen LogP contribution < -0.4 is 0 Å². The van der Waals surface area contributed by atoms with Crippen LogP contribution in [-0.2, 0) is 14.3 Å². The summed E-state index contributed by atoms with van der Waals surface area (Å²) in [6, 6.07) is 0. The molecule has 2 atom stereocenters. The van der Waals surface area contributed by atoms with Crippen molar-refractivity contribution in [2.24, 2.45) is 23.2 Å². The number of Topliss-reactive ketones (excluding diaryl/α,β-unsaturated/α-hetero) is 1. The zero-order valence-corrected chi connectivity index (χ0v) is 12.2. The summed E-state index contributed by atoms with van der Waals surface area (Å²) in [6.07, 6.45) is 5.61. The van der Waals surface area contributed by atoms with E-state index in [0.29, 0.717) is 11.8 Å². The number of carbonyl (C=O) groups is 2. The first-order valence-electron chi connectivity index (χ1n) is 7.64. The molecule has 0 radical (unpaired) electrons. The maximum atomic E-state index is 12.6. The monoisotopic (exact) mass is 264 g/mol. The second-order valence-electron chi connectivity index (χ2n) is 7.53. The van der Waals surface area contributed by atoms with Gasteiger partial charge in [0.25, 0.3) is 0 Å². The number of carbonyl (C=O) groups excluding carboxylic acids is 2. The molecule has 0 N–H and O–H groups in total. The quantitative estimate of drug-likeness (QED) is 0.736. The number of rotatable bonds is 3. The van der Waals surface area contributed by atoms with Crippen LogP contribution in [0.1, 0.15) is 59.3 Å². The molecule has 4 fully saturated rings. The van der Waals surface area contributed by atoms with Crippen LogP contribution in [0.15, 0.2) is 0 Å². The van der Waals surface area contributed by atoms with E-state index in [2.05, 4.69) is 0 Å². The molecular formula is C16H24O3. The molecule has 0 amide bonds. The topological polar surface area (TPSA) is 43.4 Å². The average Bonchev–Trinajstić information content (AvgIpc) is 2.34. The minimum Gasteiger partial charge on any atom is -0.451 e. The predicted molar refractivity (Wildman–Crippen MR) is 71.5 cm³/mol. The molecule has 4 rings (SSSR count). The summed E-state index contributed by atoms with van der Waals surface area (Å²) in [7, 11) is 0. The van der Waals surface area contributed by atoms with E-state index in [1.807, 2.05) is 20.8 Å². The number of hydrogen-bond acceptors (Lipinski definition) is 3. The lowest BCUT2D eigenvalue weighted by atomic mass is 9.53. The molecule has 0 aromatic heterocycles. The SMILES string of the molecule is CCC(C)(C)C(=O)OC12CC3CC(CC(C3)C1=O)C2. The summed E-state index contributed by atoms with van der Waals surface area (Å²) in [5.74, 6) is 1.41. The molecule has 4 aliphatic rings. The number of hydrogen-bond donors (Lipinski definition) is 0. The van der Waals surface area contributed by atoms with Gasteiger partial charge in [-0.2, -0.15) is 0 Å². The lowest BCUT2D eigenvalue weighted by Gasteiger charge is -2.54. The minimum atomic E-state index is -0.752. The second kappa shape index (κ2) is 4.07. The zero-order valence-electron chi connectivity index (χ0n) is 12.2. The van der Waals surface area contributed by atoms with Gasteiger partial charge in [0.05, 0.1) is 5.41 Å². The van der Waals surface area contributed by atoms with E-state index in [-0.39, 0.29) is 17.7 Å². The maximum Gasteiger partial charge on any atom is 0.312 e. The maximum absolute atomic E-state index is 12.6. The third kappa shape index (κ3) is 1.93. The van der Waals surface area contributed by atoms with Gasteiger partial charge < -0.3 is 4.74 Å². The van der Waals surface area contributed by atoms with Crippen LogP contribution in [0.2, 0.25) is 0 Å². The molecule has 4 saturated carbocycles. The smallest absolute Gasteiger partial charge is 0.312 e. The number of ketones is 1. The molecule has 0 saturated heterocycles.